The van der Waals surface area contributed by atoms with Crippen molar-refractivity contribution in [3.63, 3.8) is 0 Å². The van der Waals surface area contributed by atoms with Crippen molar-refractivity contribution < 1.29 is 4.79 Å². The summed E-state index contributed by atoms with van der Waals surface area (Å²) in [5, 5.41) is 1.92. The van der Waals surface area contributed by atoms with Crippen molar-refractivity contribution >= 4 is 17.1 Å². The summed E-state index contributed by atoms with van der Waals surface area (Å²) in [6.07, 6.45) is 4.44. The number of hydrogen-bond acceptors (Lipinski definition) is 3. The topological polar surface area (TPSA) is 34.9 Å². The molecular formula is C11H12N2OS. The predicted molar refractivity (Wildman–Crippen MR) is 60.3 cm³/mol. The third-order valence-electron chi connectivity index (χ3n) is 2.23. The van der Waals surface area contributed by atoms with Crippen LogP contribution in [0.15, 0.2) is 29.9 Å². The van der Waals surface area contributed by atoms with E-state index in [0.29, 0.717) is 6.54 Å². The molecular weight excluding hydrogens is 208 g/mol. The van der Waals surface area contributed by atoms with Gasteiger partial charge < -0.3 is 4.57 Å². The molecule has 2 aromatic rings. The van der Waals surface area contributed by atoms with Gasteiger partial charge in [-0.2, -0.15) is 0 Å². The molecule has 0 atom stereocenters. The van der Waals surface area contributed by atoms with Crippen molar-refractivity contribution in [1.82, 2.24) is 9.55 Å². The molecule has 0 bridgehead atoms. The van der Waals surface area contributed by atoms with Gasteiger partial charge >= 0.3 is 0 Å². The number of Topliss-reactive ketones (excluding diaryl/α,β-unsaturated/α-hetero) is 1. The fourth-order valence-corrected chi connectivity index (χ4v) is 2.13. The zero-order valence-corrected chi connectivity index (χ0v) is 9.33. The average molecular weight is 220 g/mol. The fourth-order valence-electron chi connectivity index (χ4n) is 1.47. The van der Waals surface area contributed by atoms with E-state index < -0.39 is 0 Å². The normalized spacial score (nSPS) is 10.5. The summed E-state index contributed by atoms with van der Waals surface area (Å²) in [5.74, 6) is 1.11. The number of imidazole rings is 1. The summed E-state index contributed by atoms with van der Waals surface area (Å²) in [5.41, 5.74) is 0. The van der Waals surface area contributed by atoms with Crippen LogP contribution in [0.1, 0.15) is 22.4 Å². The van der Waals surface area contributed by atoms with Gasteiger partial charge in [0.1, 0.15) is 5.82 Å². The average Bonchev–Trinajstić information content (AvgIpc) is 2.87. The molecule has 0 unspecified atom stereocenters. The molecule has 0 radical (unpaired) electrons. The number of ketones is 1. The van der Waals surface area contributed by atoms with Gasteiger partial charge in [-0.15, -0.1) is 11.3 Å². The summed E-state index contributed by atoms with van der Waals surface area (Å²) >= 11 is 1.48. The summed E-state index contributed by atoms with van der Waals surface area (Å²) in [4.78, 5) is 16.8. The monoisotopic (exact) mass is 220 g/mol. The van der Waals surface area contributed by atoms with Crippen molar-refractivity contribution in [3.05, 3.63) is 40.6 Å². The number of carbonyl (C=O) groups excluding carboxylic acids is 1. The van der Waals surface area contributed by atoms with Crippen molar-refractivity contribution in [2.24, 2.45) is 0 Å². The summed E-state index contributed by atoms with van der Waals surface area (Å²) in [7, 11) is 0. The van der Waals surface area contributed by atoms with Gasteiger partial charge in [0, 0.05) is 18.8 Å². The fraction of sp³-hybridized carbons (Fsp3) is 0.273. The summed E-state index contributed by atoms with van der Waals surface area (Å²) < 4.78 is 1.90. The standard InChI is InChI=1S/C11H12N2OS/c1-2-11-12-5-6-13(11)8-9(14)10-4-3-7-15-10/h3-7H,2,8H2,1H3. The smallest absolute Gasteiger partial charge is 0.192 e. The van der Waals surface area contributed by atoms with Crippen LogP contribution < -0.4 is 0 Å². The van der Waals surface area contributed by atoms with Crippen LogP contribution >= 0.6 is 11.3 Å². The number of carbonyl (C=O) groups is 1. The maximum absolute atomic E-state index is 11.8. The number of aryl methyl sites for hydroxylation is 1. The highest BCUT2D eigenvalue weighted by Crippen LogP contribution is 2.11. The Labute approximate surface area is 92.4 Å². The van der Waals surface area contributed by atoms with E-state index in [1.807, 2.05) is 35.2 Å². The molecule has 0 saturated carbocycles. The van der Waals surface area contributed by atoms with E-state index in [1.54, 1.807) is 6.20 Å². The molecule has 0 saturated heterocycles. The van der Waals surface area contributed by atoms with Gasteiger partial charge in [-0.05, 0) is 11.4 Å². The number of nitrogens with zero attached hydrogens (tertiary/aromatic N) is 2. The predicted octanol–water partition coefficient (Wildman–Crippen LogP) is 2.39. The van der Waals surface area contributed by atoms with Crippen LogP contribution in [-0.4, -0.2) is 15.3 Å². The van der Waals surface area contributed by atoms with Crippen molar-refractivity contribution in [1.29, 1.82) is 0 Å². The van der Waals surface area contributed by atoms with Gasteiger partial charge in [-0.25, -0.2) is 4.98 Å². The Morgan fingerprint density at radius 1 is 1.60 bits per heavy atom. The van der Waals surface area contributed by atoms with Gasteiger partial charge in [0.2, 0.25) is 0 Å². The van der Waals surface area contributed by atoms with E-state index in [4.69, 9.17) is 0 Å². The molecule has 0 aromatic carbocycles. The minimum atomic E-state index is 0.151. The second-order valence-corrected chi connectivity index (χ2v) is 4.17. The first-order valence-corrected chi connectivity index (χ1v) is 5.76. The zero-order valence-electron chi connectivity index (χ0n) is 8.51. The lowest BCUT2D eigenvalue weighted by Crippen LogP contribution is -2.10. The third kappa shape index (κ3) is 2.15. The second kappa shape index (κ2) is 4.40. The number of hydrogen-bond donors (Lipinski definition) is 0. The Hall–Kier alpha value is -1.42. The van der Waals surface area contributed by atoms with Gasteiger partial charge in [-0.3, -0.25) is 4.79 Å². The van der Waals surface area contributed by atoms with Gasteiger partial charge in [0.25, 0.3) is 0 Å². The first-order valence-electron chi connectivity index (χ1n) is 4.88. The van der Waals surface area contributed by atoms with Crippen LogP contribution in [-0.2, 0) is 13.0 Å². The number of rotatable bonds is 4. The molecule has 3 nitrogen and oxygen atoms in total. The maximum atomic E-state index is 11.8. The van der Waals surface area contributed by atoms with Crippen LogP contribution in [0.2, 0.25) is 0 Å². The summed E-state index contributed by atoms with van der Waals surface area (Å²) in [6, 6.07) is 3.75. The van der Waals surface area contributed by atoms with Crippen molar-refractivity contribution in [2.75, 3.05) is 0 Å². The lowest BCUT2D eigenvalue weighted by Gasteiger charge is -2.03. The molecule has 0 amide bonds. The van der Waals surface area contributed by atoms with Crippen LogP contribution in [0.5, 0.6) is 0 Å². The minimum absolute atomic E-state index is 0.151. The molecule has 4 heteroatoms. The Morgan fingerprint density at radius 3 is 3.13 bits per heavy atom. The number of thiophene rings is 1. The lowest BCUT2D eigenvalue weighted by molar-refractivity contribution is 0.0975. The van der Waals surface area contributed by atoms with E-state index in [2.05, 4.69) is 4.98 Å². The van der Waals surface area contributed by atoms with Crippen LogP contribution in [0.3, 0.4) is 0 Å². The molecule has 0 spiro atoms. The Morgan fingerprint density at radius 2 is 2.47 bits per heavy atom. The first-order chi connectivity index (χ1) is 7.31. The van der Waals surface area contributed by atoms with E-state index in [0.717, 1.165) is 17.1 Å². The van der Waals surface area contributed by atoms with E-state index in [-0.39, 0.29) is 5.78 Å². The SMILES string of the molecule is CCc1nccn1CC(=O)c1cccs1. The Kier molecular flexibility index (Phi) is 2.97. The lowest BCUT2D eigenvalue weighted by atomic mass is 10.3. The van der Waals surface area contributed by atoms with Crippen LogP contribution in [0.4, 0.5) is 0 Å². The molecule has 0 aliphatic heterocycles. The Balaban J connectivity index is 2.13. The van der Waals surface area contributed by atoms with Crippen LogP contribution in [0, 0.1) is 0 Å². The second-order valence-electron chi connectivity index (χ2n) is 3.23. The minimum Gasteiger partial charge on any atom is -0.327 e. The van der Waals surface area contributed by atoms with Crippen LogP contribution in [0.25, 0.3) is 0 Å². The molecule has 2 rings (SSSR count). The maximum Gasteiger partial charge on any atom is 0.192 e. The molecule has 0 N–H and O–H groups in total. The van der Waals surface area contributed by atoms with Gasteiger partial charge in [-0.1, -0.05) is 13.0 Å². The third-order valence-corrected chi connectivity index (χ3v) is 3.14. The first kappa shape index (κ1) is 10.1. The van der Waals surface area contributed by atoms with Crippen molar-refractivity contribution in [2.45, 2.75) is 19.9 Å². The largest absolute Gasteiger partial charge is 0.327 e. The summed E-state index contributed by atoms with van der Waals surface area (Å²) in [6.45, 7) is 2.43. The van der Waals surface area contributed by atoms with Gasteiger partial charge in [0.05, 0.1) is 11.4 Å². The molecule has 2 heterocycles. The Bertz CT molecular complexity index is 445. The zero-order chi connectivity index (χ0) is 10.7. The molecule has 2 aromatic heterocycles. The van der Waals surface area contributed by atoms with E-state index in [1.165, 1.54) is 11.3 Å². The highest BCUT2D eigenvalue weighted by molar-refractivity contribution is 7.12. The quantitative estimate of drug-likeness (QED) is 0.741. The van der Waals surface area contributed by atoms with E-state index >= 15 is 0 Å². The number of aromatic nitrogens is 2. The highest BCUT2D eigenvalue weighted by atomic mass is 32.1. The molecule has 0 fully saturated rings. The molecule has 78 valence electrons. The van der Waals surface area contributed by atoms with E-state index in [9.17, 15) is 4.79 Å². The molecule has 15 heavy (non-hydrogen) atoms. The molecule has 0 aliphatic carbocycles. The van der Waals surface area contributed by atoms with Gasteiger partial charge in [0.15, 0.2) is 5.78 Å². The highest BCUT2D eigenvalue weighted by Gasteiger charge is 2.09. The molecule has 0 aliphatic rings. The van der Waals surface area contributed by atoms with Crippen molar-refractivity contribution in [3.8, 4) is 0 Å².